The number of anilines is 2. The minimum Gasteiger partial charge on any atom is -0.496 e. The summed E-state index contributed by atoms with van der Waals surface area (Å²) in [5, 5.41) is 8.78. The highest BCUT2D eigenvalue weighted by molar-refractivity contribution is 9.10. The maximum absolute atomic E-state index is 5.42. The van der Waals surface area contributed by atoms with E-state index < -0.39 is 0 Å². The van der Waals surface area contributed by atoms with E-state index in [1.807, 2.05) is 32.3 Å². The second-order valence-corrected chi connectivity index (χ2v) is 6.05. The van der Waals surface area contributed by atoms with Crippen LogP contribution in [0.2, 0.25) is 0 Å². The number of pyridine rings is 1. The Morgan fingerprint density at radius 3 is 2.68 bits per heavy atom. The molecule has 0 atom stereocenters. The maximum Gasteiger partial charge on any atom is 0.159 e. The number of rotatable bonds is 3. The van der Waals surface area contributed by atoms with E-state index >= 15 is 0 Å². The first-order valence-electron chi connectivity index (χ1n) is 6.90. The summed E-state index contributed by atoms with van der Waals surface area (Å²) < 4.78 is 8.08. The molecule has 0 aliphatic rings. The zero-order valence-electron chi connectivity index (χ0n) is 12.9. The van der Waals surface area contributed by atoms with Gasteiger partial charge in [-0.3, -0.25) is 4.68 Å². The van der Waals surface area contributed by atoms with Crippen molar-refractivity contribution in [1.29, 1.82) is 0 Å². The van der Waals surface area contributed by atoms with Gasteiger partial charge in [0.1, 0.15) is 5.75 Å². The van der Waals surface area contributed by atoms with Crippen LogP contribution in [-0.4, -0.2) is 21.9 Å². The van der Waals surface area contributed by atoms with Crippen molar-refractivity contribution < 1.29 is 4.74 Å². The number of halogens is 1. The van der Waals surface area contributed by atoms with Crippen LogP contribution in [0.5, 0.6) is 5.75 Å². The quantitative estimate of drug-likeness (QED) is 0.763. The Hall–Kier alpha value is -2.08. The lowest BCUT2D eigenvalue weighted by atomic mass is 10.1. The van der Waals surface area contributed by atoms with Gasteiger partial charge >= 0.3 is 0 Å². The van der Waals surface area contributed by atoms with E-state index in [1.54, 1.807) is 18.0 Å². The molecule has 0 aliphatic heterocycles. The van der Waals surface area contributed by atoms with Crippen molar-refractivity contribution >= 4 is 38.3 Å². The molecule has 0 saturated carbocycles. The molecule has 3 aromatic rings. The number of benzene rings is 1. The third kappa shape index (κ3) is 2.33. The molecule has 22 heavy (non-hydrogen) atoms. The molecule has 114 valence electrons. The minimum atomic E-state index is 0.837. The smallest absolute Gasteiger partial charge is 0.159 e. The van der Waals surface area contributed by atoms with Gasteiger partial charge in [0, 0.05) is 24.5 Å². The Kier molecular flexibility index (Phi) is 3.78. The van der Waals surface area contributed by atoms with Crippen LogP contribution in [0.1, 0.15) is 11.1 Å². The third-order valence-corrected chi connectivity index (χ3v) is 4.41. The van der Waals surface area contributed by atoms with Crippen molar-refractivity contribution in [3.05, 3.63) is 40.1 Å². The second kappa shape index (κ2) is 5.61. The van der Waals surface area contributed by atoms with Gasteiger partial charge in [0.05, 0.1) is 28.9 Å². The molecule has 0 unspecified atom stereocenters. The fourth-order valence-corrected chi connectivity index (χ4v) is 2.98. The third-order valence-electron chi connectivity index (χ3n) is 3.81. The summed E-state index contributed by atoms with van der Waals surface area (Å²) >= 11 is 3.58. The number of hydrogen-bond acceptors (Lipinski definition) is 4. The molecular formula is C16H17BrN4O. The zero-order valence-corrected chi connectivity index (χ0v) is 14.5. The molecule has 2 heterocycles. The van der Waals surface area contributed by atoms with Crippen molar-refractivity contribution in [2.75, 3.05) is 12.4 Å². The number of ether oxygens (including phenoxy) is 1. The van der Waals surface area contributed by atoms with Gasteiger partial charge in [0.2, 0.25) is 0 Å². The lowest BCUT2D eigenvalue weighted by Gasteiger charge is -2.17. The normalized spacial score (nSPS) is 11.0. The predicted octanol–water partition coefficient (Wildman–Crippen LogP) is 4.10. The first-order chi connectivity index (χ1) is 10.5. The van der Waals surface area contributed by atoms with Crippen LogP contribution in [0.3, 0.4) is 0 Å². The maximum atomic E-state index is 5.42. The molecule has 0 saturated heterocycles. The fraction of sp³-hybridized carbons (Fsp3) is 0.250. The van der Waals surface area contributed by atoms with Crippen molar-refractivity contribution in [3.8, 4) is 5.75 Å². The Bertz CT molecular complexity index is 857. The van der Waals surface area contributed by atoms with Gasteiger partial charge in [-0.25, -0.2) is 4.98 Å². The summed E-state index contributed by atoms with van der Waals surface area (Å²) in [6.45, 7) is 4.12. The summed E-state index contributed by atoms with van der Waals surface area (Å²) in [4.78, 5) is 4.41. The number of aryl methyl sites for hydroxylation is 2. The van der Waals surface area contributed by atoms with Gasteiger partial charge in [-0.2, -0.15) is 5.10 Å². The average Bonchev–Trinajstić information content (AvgIpc) is 2.87. The number of methoxy groups -OCH3 is 1. The average molecular weight is 361 g/mol. The minimum absolute atomic E-state index is 0.837. The molecule has 1 N–H and O–H groups in total. The van der Waals surface area contributed by atoms with E-state index in [0.717, 1.165) is 43.8 Å². The van der Waals surface area contributed by atoms with Crippen LogP contribution in [0.4, 0.5) is 11.4 Å². The monoisotopic (exact) mass is 360 g/mol. The summed E-state index contributed by atoms with van der Waals surface area (Å²) in [5.74, 6) is 0.862. The second-order valence-electron chi connectivity index (χ2n) is 5.20. The van der Waals surface area contributed by atoms with Crippen molar-refractivity contribution in [1.82, 2.24) is 14.8 Å². The summed E-state index contributed by atoms with van der Waals surface area (Å²) in [6, 6.07) is 4.03. The number of hydrogen-bond donors (Lipinski definition) is 1. The van der Waals surface area contributed by atoms with Crippen molar-refractivity contribution in [2.45, 2.75) is 13.8 Å². The van der Waals surface area contributed by atoms with Gasteiger partial charge in [0.25, 0.3) is 0 Å². The molecule has 2 aromatic heterocycles. The van der Waals surface area contributed by atoms with Gasteiger partial charge in [-0.05, 0) is 41.4 Å². The molecule has 3 rings (SSSR count). The number of aromatic nitrogens is 3. The van der Waals surface area contributed by atoms with E-state index in [4.69, 9.17) is 4.74 Å². The molecule has 5 nitrogen and oxygen atoms in total. The lowest BCUT2D eigenvalue weighted by molar-refractivity contribution is 0.412. The molecule has 6 heteroatoms. The Balaban J connectivity index is 2.17. The van der Waals surface area contributed by atoms with E-state index in [0.29, 0.717) is 0 Å². The zero-order chi connectivity index (χ0) is 15.9. The van der Waals surface area contributed by atoms with E-state index in [9.17, 15) is 0 Å². The van der Waals surface area contributed by atoms with Crippen molar-refractivity contribution in [2.24, 2.45) is 7.05 Å². The summed E-state index contributed by atoms with van der Waals surface area (Å²) in [6.07, 6.45) is 3.61. The molecular weight excluding hydrogens is 344 g/mol. The van der Waals surface area contributed by atoms with Crippen LogP contribution in [0.25, 0.3) is 11.0 Å². The molecule has 0 radical (unpaired) electrons. The topological polar surface area (TPSA) is 52.0 Å². The van der Waals surface area contributed by atoms with E-state index in [1.165, 1.54) is 0 Å². The van der Waals surface area contributed by atoms with Crippen LogP contribution in [0.15, 0.2) is 29.0 Å². The number of nitrogens with zero attached hydrogens (tertiary/aromatic N) is 3. The first-order valence-corrected chi connectivity index (χ1v) is 7.69. The Morgan fingerprint density at radius 2 is 1.95 bits per heavy atom. The molecule has 0 spiro atoms. The van der Waals surface area contributed by atoms with Gasteiger partial charge in [0.15, 0.2) is 5.65 Å². The first kappa shape index (κ1) is 14.8. The molecule has 0 bridgehead atoms. The molecule has 0 fully saturated rings. The van der Waals surface area contributed by atoms with Crippen LogP contribution >= 0.6 is 15.9 Å². The Morgan fingerprint density at radius 1 is 1.18 bits per heavy atom. The lowest BCUT2D eigenvalue weighted by Crippen LogP contribution is -2.00. The Labute approximate surface area is 137 Å². The van der Waals surface area contributed by atoms with Gasteiger partial charge in [-0.1, -0.05) is 6.07 Å². The van der Waals surface area contributed by atoms with Crippen LogP contribution in [-0.2, 0) is 7.05 Å². The number of nitrogens with one attached hydrogen (secondary N) is 1. The van der Waals surface area contributed by atoms with Crippen LogP contribution < -0.4 is 10.1 Å². The van der Waals surface area contributed by atoms with Gasteiger partial charge < -0.3 is 10.1 Å². The van der Waals surface area contributed by atoms with E-state index in [2.05, 4.69) is 38.3 Å². The molecule has 0 aliphatic carbocycles. The van der Waals surface area contributed by atoms with Gasteiger partial charge in [-0.15, -0.1) is 0 Å². The SMILES string of the molecule is COc1ccc(C)c(Nc2c(Br)cnc3c2cnn3C)c1C. The number of fused-ring (bicyclic) bond motifs is 1. The summed E-state index contributed by atoms with van der Waals surface area (Å²) in [7, 11) is 3.57. The van der Waals surface area contributed by atoms with E-state index in [-0.39, 0.29) is 0 Å². The predicted molar refractivity (Wildman–Crippen MR) is 92.0 cm³/mol. The highest BCUT2D eigenvalue weighted by atomic mass is 79.9. The highest BCUT2D eigenvalue weighted by Gasteiger charge is 2.14. The van der Waals surface area contributed by atoms with Crippen molar-refractivity contribution in [3.63, 3.8) is 0 Å². The largest absolute Gasteiger partial charge is 0.496 e. The highest BCUT2D eigenvalue weighted by Crippen LogP contribution is 2.36. The summed E-state index contributed by atoms with van der Waals surface area (Å²) in [5.41, 5.74) is 5.06. The fourth-order valence-electron chi connectivity index (χ4n) is 2.57. The van der Waals surface area contributed by atoms with Crippen LogP contribution in [0, 0.1) is 13.8 Å². The standard InChI is InChI=1S/C16H17BrN4O/c1-9-5-6-13(22-4)10(2)14(9)20-15-11-7-19-21(3)16(11)18-8-12(15)17/h5-8H,1-4H3,(H,18,20). The molecule has 0 amide bonds. The molecule has 1 aromatic carbocycles.